The Bertz CT molecular complexity index is 1820. The number of hydrogen-bond acceptors (Lipinski definition) is 12. The maximum atomic E-state index is 12.3. The average Bonchev–Trinajstić information content (AvgIpc) is 3.64. The molecule has 4 aromatic rings. The number of imidazole rings is 1. The number of benzene rings is 2. The number of anilines is 3. The minimum absolute atomic E-state index is 0.0924. The van der Waals surface area contributed by atoms with E-state index in [4.69, 9.17) is 16.2 Å². The summed E-state index contributed by atoms with van der Waals surface area (Å²) in [5.41, 5.74) is 16.2. The first-order chi connectivity index (χ1) is 24.0. The van der Waals surface area contributed by atoms with Gasteiger partial charge < -0.3 is 47.7 Å². The summed E-state index contributed by atoms with van der Waals surface area (Å²) in [4.78, 5) is 49.9. The van der Waals surface area contributed by atoms with Crippen molar-refractivity contribution < 1.29 is 29.3 Å². The van der Waals surface area contributed by atoms with Gasteiger partial charge in [-0.1, -0.05) is 30.3 Å². The molecule has 0 spiro atoms. The minimum atomic E-state index is -1.44. The zero-order valence-electron chi connectivity index (χ0n) is 27.4. The van der Waals surface area contributed by atoms with Crippen molar-refractivity contribution in [3.63, 3.8) is 0 Å². The highest BCUT2D eigenvalue weighted by molar-refractivity contribution is 14.1. The molecular formula is C33H41IN10O6. The lowest BCUT2D eigenvalue weighted by atomic mass is 10.1. The molecule has 266 valence electrons. The molecule has 0 bridgehead atoms. The van der Waals surface area contributed by atoms with E-state index in [0.717, 1.165) is 20.3 Å². The van der Waals surface area contributed by atoms with E-state index in [1.807, 2.05) is 36.4 Å². The summed E-state index contributed by atoms with van der Waals surface area (Å²) in [5, 5.41) is 32.5. The molecule has 3 heterocycles. The average molecular weight is 801 g/mol. The van der Waals surface area contributed by atoms with Crippen molar-refractivity contribution in [2.24, 2.45) is 0 Å². The lowest BCUT2D eigenvalue weighted by molar-refractivity contribution is -0.137. The van der Waals surface area contributed by atoms with E-state index in [1.54, 1.807) is 13.0 Å². The summed E-state index contributed by atoms with van der Waals surface area (Å²) in [6.07, 6.45) is -2.04. The van der Waals surface area contributed by atoms with Gasteiger partial charge in [-0.05, 0) is 71.2 Å². The van der Waals surface area contributed by atoms with E-state index >= 15 is 0 Å². The molecule has 1 aliphatic rings. The molecule has 3 amide bonds. The zero-order chi connectivity index (χ0) is 35.8. The van der Waals surface area contributed by atoms with Crippen LogP contribution in [-0.4, -0.2) is 91.9 Å². The SMILES string of the molecule is CCNC(=O)[C@H]1OC(n2cnc3c(N)nc(NCCc4ccc(CCC(=O)NCCNC(=O)Cc5ccc(N)c(I)c5)cc4)nc32)[C@H](O)[C@@H]1O. The summed E-state index contributed by atoms with van der Waals surface area (Å²) in [6.45, 7) is 3.26. The fourth-order valence-electron chi connectivity index (χ4n) is 5.45. The van der Waals surface area contributed by atoms with Crippen molar-refractivity contribution in [2.45, 2.75) is 57.1 Å². The number of nitrogen functional groups attached to an aromatic ring is 2. The predicted octanol–water partition coefficient (Wildman–Crippen LogP) is 0.413. The lowest BCUT2D eigenvalue weighted by Gasteiger charge is -2.16. The van der Waals surface area contributed by atoms with Crippen molar-refractivity contribution in [3.8, 4) is 0 Å². The van der Waals surface area contributed by atoms with Crippen LogP contribution < -0.4 is 32.7 Å². The van der Waals surface area contributed by atoms with E-state index in [-0.39, 0.29) is 35.6 Å². The van der Waals surface area contributed by atoms with Gasteiger partial charge in [-0.3, -0.25) is 19.0 Å². The molecule has 2 aromatic heterocycles. The van der Waals surface area contributed by atoms with Crippen LogP contribution in [0.3, 0.4) is 0 Å². The first kappa shape index (κ1) is 36.7. The summed E-state index contributed by atoms with van der Waals surface area (Å²) >= 11 is 2.13. The molecule has 50 heavy (non-hydrogen) atoms. The number of halogens is 1. The zero-order valence-corrected chi connectivity index (χ0v) is 29.6. The second-order valence-electron chi connectivity index (χ2n) is 11.8. The summed E-state index contributed by atoms with van der Waals surface area (Å²) in [5.74, 6) is -0.386. The standard InChI is InChI=1S/C33H41IN10O6/c1-2-37-31(49)28-26(47)27(48)32(50-28)44-17-41-25-29(36)42-33(43-30(25)44)40-12-11-19-5-3-18(4-6-19)8-10-23(45)38-13-14-39-24(46)16-20-7-9-22(35)21(34)15-20/h3-7,9,15,17,26-28,32,47-48H,2,8,10-14,16,35H2,1H3,(H,37,49)(H,38,45)(H,39,46)(H3,36,40,42,43)/t26-,27+,28-,32?/m0/s1. The number of nitrogens with zero attached hydrogens (tertiary/aromatic N) is 4. The molecule has 1 aliphatic heterocycles. The highest BCUT2D eigenvalue weighted by atomic mass is 127. The Balaban J connectivity index is 1.04. The van der Waals surface area contributed by atoms with Gasteiger partial charge in [0.1, 0.15) is 17.7 Å². The number of aryl methyl sites for hydroxylation is 1. The number of likely N-dealkylation sites (N-methyl/N-ethyl adjacent to an activating group) is 1. The van der Waals surface area contributed by atoms with Crippen LogP contribution in [0.2, 0.25) is 0 Å². The maximum Gasteiger partial charge on any atom is 0.252 e. The van der Waals surface area contributed by atoms with E-state index in [2.05, 4.69) is 58.8 Å². The van der Waals surface area contributed by atoms with Crippen molar-refractivity contribution >= 4 is 68.9 Å². The van der Waals surface area contributed by atoms with Crippen LogP contribution in [0.25, 0.3) is 11.2 Å². The van der Waals surface area contributed by atoms with Crippen LogP contribution in [0.4, 0.5) is 17.5 Å². The Kier molecular flexibility index (Phi) is 12.4. The van der Waals surface area contributed by atoms with Crippen molar-refractivity contribution in [2.75, 3.05) is 43.0 Å². The third-order valence-corrected chi connectivity index (χ3v) is 9.06. The van der Waals surface area contributed by atoms with Gasteiger partial charge in [0.2, 0.25) is 17.8 Å². The molecule has 10 N–H and O–H groups in total. The first-order valence-corrected chi connectivity index (χ1v) is 17.3. The predicted molar refractivity (Wildman–Crippen MR) is 195 cm³/mol. The Morgan fingerprint density at radius 3 is 2.28 bits per heavy atom. The molecule has 1 saturated heterocycles. The molecule has 1 fully saturated rings. The highest BCUT2D eigenvalue weighted by Gasteiger charge is 2.47. The number of aliphatic hydroxyl groups is 2. The largest absolute Gasteiger partial charge is 0.398 e. The van der Waals surface area contributed by atoms with Gasteiger partial charge in [0.15, 0.2) is 23.8 Å². The van der Waals surface area contributed by atoms with Crippen LogP contribution in [0.15, 0.2) is 48.8 Å². The van der Waals surface area contributed by atoms with E-state index < -0.39 is 30.4 Å². The number of fused-ring (bicyclic) bond motifs is 1. The topological polar surface area (TPSA) is 245 Å². The Labute approximate surface area is 301 Å². The van der Waals surface area contributed by atoms with Gasteiger partial charge in [-0.15, -0.1) is 0 Å². The second kappa shape index (κ2) is 16.9. The van der Waals surface area contributed by atoms with Gasteiger partial charge in [0.25, 0.3) is 5.91 Å². The van der Waals surface area contributed by atoms with Crippen molar-refractivity contribution in [3.05, 3.63) is 69.1 Å². The van der Waals surface area contributed by atoms with Crippen LogP contribution >= 0.6 is 22.6 Å². The molecule has 0 radical (unpaired) electrons. The fourth-order valence-corrected chi connectivity index (χ4v) is 6.03. The van der Waals surface area contributed by atoms with Crippen LogP contribution in [0.5, 0.6) is 0 Å². The molecule has 17 heteroatoms. The number of amides is 3. The Morgan fingerprint density at radius 1 is 0.900 bits per heavy atom. The summed E-state index contributed by atoms with van der Waals surface area (Å²) < 4.78 is 8.04. The molecule has 5 rings (SSSR count). The van der Waals surface area contributed by atoms with E-state index in [0.29, 0.717) is 56.6 Å². The first-order valence-electron chi connectivity index (χ1n) is 16.2. The van der Waals surface area contributed by atoms with Gasteiger partial charge in [-0.2, -0.15) is 9.97 Å². The van der Waals surface area contributed by atoms with Gasteiger partial charge in [0.05, 0.1) is 12.7 Å². The smallest absolute Gasteiger partial charge is 0.252 e. The number of carbonyl (C=O) groups excluding carboxylic acids is 3. The molecule has 2 aromatic carbocycles. The number of nitrogens with two attached hydrogens (primary N) is 2. The van der Waals surface area contributed by atoms with Crippen LogP contribution in [-0.2, 0) is 38.4 Å². The molecule has 16 nitrogen and oxygen atoms in total. The molecule has 1 unspecified atom stereocenters. The molecule has 0 aliphatic carbocycles. The number of ether oxygens (including phenoxy) is 1. The lowest BCUT2D eigenvalue weighted by Crippen LogP contribution is -2.42. The van der Waals surface area contributed by atoms with Crippen molar-refractivity contribution in [1.29, 1.82) is 0 Å². The molecule has 0 saturated carbocycles. The Hall–Kier alpha value is -4.59. The van der Waals surface area contributed by atoms with E-state index in [9.17, 15) is 24.6 Å². The third-order valence-electron chi connectivity index (χ3n) is 8.13. The third kappa shape index (κ3) is 9.14. The van der Waals surface area contributed by atoms with Crippen LogP contribution in [0.1, 0.15) is 36.3 Å². The molecular weight excluding hydrogens is 759 g/mol. The highest BCUT2D eigenvalue weighted by Crippen LogP contribution is 2.32. The number of hydrogen-bond donors (Lipinski definition) is 8. The quantitative estimate of drug-likeness (QED) is 0.0463. The van der Waals surface area contributed by atoms with Gasteiger partial charge in [0, 0.05) is 41.9 Å². The number of carbonyl (C=O) groups is 3. The Morgan fingerprint density at radius 2 is 1.58 bits per heavy atom. The van der Waals surface area contributed by atoms with Crippen molar-refractivity contribution in [1.82, 2.24) is 35.5 Å². The minimum Gasteiger partial charge on any atom is -0.398 e. The number of aromatic nitrogens is 4. The van der Waals surface area contributed by atoms with Gasteiger partial charge in [-0.25, -0.2) is 4.98 Å². The van der Waals surface area contributed by atoms with Gasteiger partial charge >= 0.3 is 0 Å². The summed E-state index contributed by atoms with van der Waals surface area (Å²) in [7, 11) is 0. The maximum absolute atomic E-state index is 12.3. The molecule has 4 atom stereocenters. The fraction of sp³-hybridized carbons (Fsp3) is 0.394. The monoisotopic (exact) mass is 800 g/mol. The number of rotatable bonds is 15. The second-order valence-corrected chi connectivity index (χ2v) is 13.0. The number of aliphatic hydroxyl groups excluding tert-OH is 2. The summed E-state index contributed by atoms with van der Waals surface area (Å²) in [6, 6.07) is 13.4. The number of nitrogens with one attached hydrogen (secondary N) is 4. The van der Waals surface area contributed by atoms with E-state index in [1.165, 1.54) is 10.9 Å². The normalized spacial score (nSPS) is 18.6. The van der Waals surface area contributed by atoms with Crippen LogP contribution in [0, 0.1) is 3.57 Å².